The monoisotopic (exact) mass is 371 g/mol. The first-order valence-corrected chi connectivity index (χ1v) is 9.31. The maximum absolute atomic E-state index is 13.2. The maximum Gasteiger partial charge on any atom is 0.355 e. The zero-order chi connectivity index (χ0) is 19.0. The Morgan fingerprint density at radius 1 is 1.30 bits per heavy atom. The molecule has 5 nitrogen and oxygen atoms in total. The van der Waals surface area contributed by atoms with Gasteiger partial charge in [-0.15, -0.1) is 0 Å². The number of esters is 1. The molecule has 0 radical (unpaired) electrons. The van der Waals surface area contributed by atoms with Crippen molar-refractivity contribution in [2.45, 2.75) is 44.6 Å². The first-order chi connectivity index (χ1) is 13.0. The van der Waals surface area contributed by atoms with Gasteiger partial charge in [0.25, 0.3) is 0 Å². The number of aromatic nitrogens is 1. The number of hydrogen-bond acceptors (Lipinski definition) is 4. The van der Waals surface area contributed by atoms with Crippen molar-refractivity contribution in [1.82, 2.24) is 4.98 Å². The van der Waals surface area contributed by atoms with Crippen LogP contribution >= 0.6 is 0 Å². The molecule has 142 valence electrons. The summed E-state index contributed by atoms with van der Waals surface area (Å²) in [5, 5.41) is 0. The highest BCUT2D eigenvalue weighted by Crippen LogP contribution is 2.35. The molecule has 1 aromatic carbocycles. The van der Waals surface area contributed by atoms with Gasteiger partial charge in [-0.25, -0.2) is 9.18 Å². The van der Waals surface area contributed by atoms with E-state index in [2.05, 4.69) is 4.98 Å². The van der Waals surface area contributed by atoms with Crippen LogP contribution in [-0.2, 0) is 15.9 Å². The molecule has 0 amide bonds. The van der Waals surface area contributed by atoms with E-state index in [0.717, 1.165) is 24.1 Å². The molecule has 1 aromatic heterocycles. The van der Waals surface area contributed by atoms with E-state index in [1.807, 2.05) is 0 Å². The molecule has 27 heavy (non-hydrogen) atoms. The lowest BCUT2D eigenvalue weighted by molar-refractivity contribution is 0.0156. The van der Waals surface area contributed by atoms with E-state index in [9.17, 15) is 14.0 Å². The highest BCUT2D eigenvalue weighted by molar-refractivity contribution is 6.03. The number of rotatable bonds is 4. The van der Waals surface area contributed by atoms with Crippen molar-refractivity contribution in [3.8, 4) is 0 Å². The van der Waals surface area contributed by atoms with E-state index in [4.69, 9.17) is 9.47 Å². The van der Waals surface area contributed by atoms with Gasteiger partial charge in [0, 0.05) is 24.3 Å². The second kappa shape index (κ2) is 7.27. The lowest BCUT2D eigenvalue weighted by atomic mass is 9.81. The van der Waals surface area contributed by atoms with E-state index >= 15 is 0 Å². The molecular formula is C21H22FNO4. The molecule has 1 aliphatic carbocycles. The molecule has 4 rings (SSSR count). The maximum atomic E-state index is 13.2. The Hall–Kier alpha value is -2.47. The van der Waals surface area contributed by atoms with Gasteiger partial charge in [0.05, 0.1) is 6.10 Å². The number of carbonyl (C=O) groups excluding carboxylic acids is 2. The van der Waals surface area contributed by atoms with Gasteiger partial charge >= 0.3 is 5.97 Å². The normalized spacial score (nSPS) is 21.9. The fraction of sp³-hybridized carbons (Fsp3) is 0.429. The smallest absolute Gasteiger partial charge is 0.355 e. The van der Waals surface area contributed by atoms with Crippen LogP contribution in [0.25, 0.3) is 0 Å². The van der Waals surface area contributed by atoms with Gasteiger partial charge < -0.3 is 14.5 Å². The summed E-state index contributed by atoms with van der Waals surface area (Å²) >= 11 is 0. The molecule has 2 atom stereocenters. The number of nitrogens with one attached hydrogen (secondary N) is 1. The van der Waals surface area contributed by atoms with Crippen molar-refractivity contribution >= 4 is 11.8 Å². The highest BCUT2D eigenvalue weighted by atomic mass is 19.1. The Kier molecular flexibility index (Phi) is 4.83. The molecule has 0 spiro atoms. The molecule has 0 saturated carbocycles. The van der Waals surface area contributed by atoms with Crippen LogP contribution in [0.3, 0.4) is 0 Å². The predicted octanol–water partition coefficient (Wildman–Crippen LogP) is 3.71. The number of halogens is 1. The van der Waals surface area contributed by atoms with Crippen LogP contribution in [0.4, 0.5) is 4.39 Å². The van der Waals surface area contributed by atoms with Crippen molar-refractivity contribution in [3.63, 3.8) is 0 Å². The van der Waals surface area contributed by atoms with Crippen molar-refractivity contribution in [3.05, 3.63) is 58.2 Å². The predicted molar refractivity (Wildman–Crippen MR) is 96.6 cm³/mol. The number of ether oxygens (including phenoxy) is 2. The summed E-state index contributed by atoms with van der Waals surface area (Å²) in [5.41, 5.74) is 3.25. The Bertz CT molecular complexity index is 865. The molecule has 0 bridgehead atoms. The molecular weight excluding hydrogens is 349 g/mol. The average Bonchev–Trinajstić information content (AvgIpc) is 3.28. The van der Waals surface area contributed by atoms with Gasteiger partial charge in [-0.3, -0.25) is 4.79 Å². The minimum absolute atomic E-state index is 0.00231. The van der Waals surface area contributed by atoms with Crippen LogP contribution in [0, 0.1) is 12.7 Å². The van der Waals surface area contributed by atoms with E-state index in [0.29, 0.717) is 36.3 Å². The lowest BCUT2D eigenvalue weighted by Crippen LogP contribution is -2.18. The third kappa shape index (κ3) is 3.54. The summed E-state index contributed by atoms with van der Waals surface area (Å²) in [6.45, 7) is 2.71. The fourth-order valence-electron chi connectivity index (χ4n) is 4.02. The van der Waals surface area contributed by atoms with Crippen LogP contribution in [0.1, 0.15) is 62.8 Å². The first-order valence-electron chi connectivity index (χ1n) is 9.31. The van der Waals surface area contributed by atoms with Crippen LogP contribution in [0.2, 0.25) is 0 Å². The van der Waals surface area contributed by atoms with Crippen molar-refractivity contribution in [2.75, 3.05) is 13.2 Å². The Morgan fingerprint density at radius 2 is 2.07 bits per heavy atom. The van der Waals surface area contributed by atoms with Gasteiger partial charge in [0.2, 0.25) is 0 Å². The first kappa shape index (κ1) is 17.9. The summed E-state index contributed by atoms with van der Waals surface area (Å²) in [7, 11) is 0. The second-order valence-corrected chi connectivity index (χ2v) is 7.29. The third-order valence-electron chi connectivity index (χ3n) is 5.46. The number of aromatic amines is 1. The topological polar surface area (TPSA) is 68.4 Å². The van der Waals surface area contributed by atoms with Gasteiger partial charge in [0.15, 0.2) is 5.78 Å². The molecule has 2 aliphatic rings. The zero-order valence-corrected chi connectivity index (χ0v) is 15.2. The SMILES string of the molecule is Cc1c(C(=O)OC[C@H]2CCCO2)[nH]c2c1C(=O)C[C@@H](c1ccc(F)cc1)C2. The van der Waals surface area contributed by atoms with Crippen LogP contribution < -0.4 is 0 Å². The quantitative estimate of drug-likeness (QED) is 0.832. The molecule has 0 unspecified atom stereocenters. The van der Waals surface area contributed by atoms with E-state index in [1.54, 1.807) is 19.1 Å². The van der Waals surface area contributed by atoms with Crippen molar-refractivity contribution in [1.29, 1.82) is 0 Å². The molecule has 1 aliphatic heterocycles. The zero-order valence-electron chi connectivity index (χ0n) is 15.2. The number of carbonyl (C=O) groups is 2. The van der Waals surface area contributed by atoms with Gasteiger partial charge in [-0.2, -0.15) is 0 Å². The summed E-state index contributed by atoms with van der Waals surface area (Å²) in [4.78, 5) is 28.3. The number of fused-ring (bicyclic) bond motifs is 1. The Balaban J connectivity index is 1.52. The number of Topliss-reactive ketones (excluding diaryl/α,β-unsaturated/α-hetero) is 1. The highest BCUT2D eigenvalue weighted by Gasteiger charge is 2.32. The number of ketones is 1. The number of benzene rings is 1. The lowest BCUT2D eigenvalue weighted by Gasteiger charge is -2.22. The minimum Gasteiger partial charge on any atom is -0.458 e. The molecule has 2 heterocycles. The van der Waals surface area contributed by atoms with Crippen LogP contribution in [0.15, 0.2) is 24.3 Å². The molecule has 1 fully saturated rings. The summed E-state index contributed by atoms with van der Waals surface area (Å²) in [6.07, 6.45) is 2.79. The number of hydrogen-bond donors (Lipinski definition) is 1. The molecule has 6 heteroatoms. The molecule has 1 N–H and O–H groups in total. The number of H-pyrrole nitrogens is 1. The summed E-state index contributed by atoms with van der Waals surface area (Å²) in [6, 6.07) is 6.24. The van der Waals surface area contributed by atoms with Crippen molar-refractivity contribution in [2.24, 2.45) is 0 Å². The van der Waals surface area contributed by atoms with E-state index < -0.39 is 5.97 Å². The summed E-state index contributed by atoms with van der Waals surface area (Å²) in [5.74, 6) is -0.783. The van der Waals surface area contributed by atoms with Gasteiger partial charge in [-0.1, -0.05) is 12.1 Å². The average molecular weight is 371 g/mol. The van der Waals surface area contributed by atoms with Crippen LogP contribution in [-0.4, -0.2) is 36.1 Å². The molecule has 2 aromatic rings. The standard InChI is InChI=1S/C21H22FNO4/c1-12-19-17(23-20(12)21(25)27-11-16-3-2-8-26-16)9-14(10-18(19)24)13-4-6-15(22)7-5-13/h4-7,14,16,23H,2-3,8-11H2,1H3/t14-,16+/m0/s1. The molecule has 1 saturated heterocycles. The Labute approximate surface area is 156 Å². The third-order valence-corrected chi connectivity index (χ3v) is 5.46. The van der Waals surface area contributed by atoms with Crippen molar-refractivity contribution < 1.29 is 23.5 Å². The second-order valence-electron chi connectivity index (χ2n) is 7.29. The van der Waals surface area contributed by atoms with Crippen LogP contribution in [0.5, 0.6) is 0 Å². The van der Waals surface area contributed by atoms with E-state index in [-0.39, 0.29) is 30.2 Å². The Morgan fingerprint density at radius 3 is 2.78 bits per heavy atom. The van der Waals surface area contributed by atoms with Gasteiger partial charge in [-0.05, 0) is 55.4 Å². The largest absolute Gasteiger partial charge is 0.458 e. The fourth-order valence-corrected chi connectivity index (χ4v) is 4.02. The summed E-state index contributed by atoms with van der Waals surface area (Å²) < 4.78 is 24.0. The minimum atomic E-state index is -0.455. The van der Waals surface area contributed by atoms with E-state index in [1.165, 1.54) is 12.1 Å². The van der Waals surface area contributed by atoms with Gasteiger partial charge in [0.1, 0.15) is 18.1 Å².